The first-order valence-corrected chi connectivity index (χ1v) is 7.83. The number of aromatic nitrogens is 3. The summed E-state index contributed by atoms with van der Waals surface area (Å²) in [6.45, 7) is 1.72. The molecule has 0 radical (unpaired) electrons. The number of amides is 3. The Morgan fingerprint density at radius 1 is 1.29 bits per heavy atom. The van der Waals surface area contributed by atoms with Crippen molar-refractivity contribution in [2.75, 3.05) is 10.2 Å². The average molecular weight is 395 g/mol. The van der Waals surface area contributed by atoms with E-state index in [1.165, 1.54) is 16.9 Å². The van der Waals surface area contributed by atoms with E-state index in [1.54, 1.807) is 14.0 Å². The van der Waals surface area contributed by atoms with Crippen LogP contribution in [0.5, 0.6) is 0 Å². The highest BCUT2D eigenvalue weighted by Crippen LogP contribution is 2.33. The molecule has 0 aliphatic heterocycles. The molecule has 0 atom stereocenters. The monoisotopic (exact) mass is 395 g/mol. The zero-order valence-corrected chi connectivity index (χ0v) is 14.6. The number of fused-ring (bicyclic) bond motifs is 1. The van der Waals surface area contributed by atoms with Crippen LogP contribution in [0.25, 0.3) is 11.0 Å². The first kappa shape index (κ1) is 19.3. The molecule has 11 heteroatoms. The lowest BCUT2D eigenvalue weighted by molar-refractivity contribution is -0.139. The number of carbonyl (C=O) groups is 2. The zero-order chi connectivity index (χ0) is 20.6. The molecule has 0 spiro atoms. The average Bonchev–Trinajstić information content (AvgIpc) is 2.90. The molecule has 3 amide bonds. The van der Waals surface area contributed by atoms with Crippen molar-refractivity contribution in [1.82, 2.24) is 14.8 Å². The van der Waals surface area contributed by atoms with E-state index in [0.29, 0.717) is 33.8 Å². The van der Waals surface area contributed by atoms with Crippen molar-refractivity contribution in [2.45, 2.75) is 13.1 Å². The number of aryl methyl sites for hydroxylation is 2. The molecule has 0 fully saturated rings. The Balaban J connectivity index is 1.91. The Morgan fingerprint density at radius 3 is 2.64 bits per heavy atom. The summed E-state index contributed by atoms with van der Waals surface area (Å²) in [5.74, 6) is -1.47. The lowest BCUT2D eigenvalue weighted by Gasteiger charge is -2.17. The maximum atomic E-state index is 13.4. The van der Waals surface area contributed by atoms with Crippen molar-refractivity contribution in [2.24, 2.45) is 7.05 Å². The van der Waals surface area contributed by atoms with Crippen LogP contribution in [0.4, 0.5) is 33.7 Å². The Labute approximate surface area is 155 Å². The van der Waals surface area contributed by atoms with Crippen molar-refractivity contribution >= 4 is 34.8 Å². The number of carbonyl (C=O) groups excluding carboxylic acids is 2. The largest absolute Gasteiger partial charge is 0.419 e. The summed E-state index contributed by atoms with van der Waals surface area (Å²) in [4.78, 5) is 28.6. The number of urea groups is 1. The fourth-order valence-corrected chi connectivity index (χ4v) is 2.66. The maximum Gasteiger partial charge on any atom is 0.419 e. The molecule has 2 heterocycles. The summed E-state index contributed by atoms with van der Waals surface area (Å²) >= 11 is 0. The predicted molar refractivity (Wildman–Crippen MR) is 92.2 cm³/mol. The minimum atomic E-state index is -4.93. The lowest BCUT2D eigenvalue weighted by Crippen LogP contribution is -2.34. The van der Waals surface area contributed by atoms with Crippen LogP contribution in [0.2, 0.25) is 0 Å². The lowest BCUT2D eigenvalue weighted by atomic mass is 10.2. The van der Waals surface area contributed by atoms with Crippen molar-refractivity contribution in [1.29, 1.82) is 0 Å². The van der Waals surface area contributed by atoms with Gasteiger partial charge in [0.15, 0.2) is 5.65 Å². The second kappa shape index (κ2) is 6.91. The van der Waals surface area contributed by atoms with Gasteiger partial charge in [-0.15, -0.1) is 0 Å². The second-order valence-corrected chi connectivity index (χ2v) is 5.87. The number of nitrogens with zero attached hydrogens (tertiary/aromatic N) is 4. The van der Waals surface area contributed by atoms with E-state index in [0.717, 1.165) is 6.07 Å². The fourth-order valence-electron chi connectivity index (χ4n) is 2.66. The molecular formula is C17H13F4N5O2. The van der Waals surface area contributed by atoms with Crippen LogP contribution in [-0.2, 0) is 18.0 Å². The third-order valence-electron chi connectivity index (χ3n) is 3.97. The van der Waals surface area contributed by atoms with Crippen molar-refractivity contribution in [3.8, 4) is 0 Å². The van der Waals surface area contributed by atoms with E-state index >= 15 is 0 Å². The summed E-state index contributed by atoms with van der Waals surface area (Å²) < 4.78 is 53.3. The molecule has 28 heavy (non-hydrogen) atoms. The topological polar surface area (TPSA) is 80.1 Å². The SMILES string of the molecule is Cc1nn(C)c2ncc(N(C=O)C(=O)Nc3ccc(F)c(C(F)(F)F)c3)cc12. The van der Waals surface area contributed by atoms with Gasteiger partial charge in [0.2, 0.25) is 6.41 Å². The summed E-state index contributed by atoms with van der Waals surface area (Å²) in [5.41, 5.74) is -0.615. The third-order valence-corrected chi connectivity index (χ3v) is 3.97. The number of imide groups is 1. The summed E-state index contributed by atoms with van der Waals surface area (Å²) in [7, 11) is 1.68. The first-order chi connectivity index (χ1) is 13.1. The molecule has 1 aromatic carbocycles. The molecule has 0 unspecified atom stereocenters. The molecule has 0 bridgehead atoms. The molecule has 0 aliphatic rings. The minimum absolute atomic E-state index is 0.0919. The van der Waals surface area contributed by atoms with E-state index in [9.17, 15) is 27.2 Å². The van der Waals surface area contributed by atoms with E-state index < -0.39 is 23.6 Å². The van der Waals surface area contributed by atoms with Crippen molar-refractivity contribution < 1.29 is 27.2 Å². The van der Waals surface area contributed by atoms with Crippen LogP contribution in [0.3, 0.4) is 0 Å². The Hall–Kier alpha value is -3.50. The second-order valence-electron chi connectivity index (χ2n) is 5.87. The molecule has 0 saturated heterocycles. The Bertz CT molecular complexity index is 1080. The number of pyridine rings is 1. The van der Waals surface area contributed by atoms with Crippen molar-refractivity contribution in [3.63, 3.8) is 0 Å². The van der Waals surface area contributed by atoms with Crippen LogP contribution >= 0.6 is 0 Å². The van der Waals surface area contributed by atoms with Crippen LogP contribution in [0.1, 0.15) is 11.3 Å². The zero-order valence-electron chi connectivity index (χ0n) is 14.6. The Morgan fingerprint density at radius 2 is 2.00 bits per heavy atom. The summed E-state index contributed by atoms with van der Waals surface area (Å²) in [6.07, 6.45) is -3.48. The molecule has 0 aliphatic carbocycles. The summed E-state index contributed by atoms with van der Waals surface area (Å²) in [6, 6.07) is 2.46. The van der Waals surface area contributed by atoms with Gasteiger partial charge >= 0.3 is 12.2 Å². The van der Waals surface area contributed by atoms with Gasteiger partial charge < -0.3 is 5.32 Å². The molecule has 3 rings (SSSR count). The normalized spacial score (nSPS) is 11.5. The highest BCUT2D eigenvalue weighted by molar-refractivity contribution is 6.12. The molecule has 0 saturated carbocycles. The van der Waals surface area contributed by atoms with Gasteiger partial charge in [-0.05, 0) is 31.2 Å². The van der Waals surface area contributed by atoms with Crippen LogP contribution in [0.15, 0.2) is 30.5 Å². The van der Waals surface area contributed by atoms with E-state index in [-0.39, 0.29) is 17.8 Å². The number of halogens is 4. The number of hydrogen-bond donors (Lipinski definition) is 1. The molecule has 146 valence electrons. The summed E-state index contributed by atoms with van der Waals surface area (Å²) in [5, 5.41) is 6.91. The number of benzene rings is 1. The standard InChI is InChI=1S/C17H13F4N5O2/c1-9-12-6-11(7-22-15(12)25(2)24-9)26(8-27)16(28)23-10-3-4-14(18)13(5-10)17(19,20)21/h3-8H,1-2H3,(H,23,28). The fraction of sp³-hybridized carbons (Fsp3) is 0.176. The highest BCUT2D eigenvalue weighted by atomic mass is 19.4. The van der Waals surface area contributed by atoms with Crippen molar-refractivity contribution in [3.05, 3.63) is 47.5 Å². The van der Waals surface area contributed by atoms with E-state index in [2.05, 4.69) is 15.4 Å². The molecule has 3 aromatic rings. The van der Waals surface area contributed by atoms with Gasteiger partial charge in [0, 0.05) is 18.1 Å². The van der Waals surface area contributed by atoms with Gasteiger partial charge in [-0.2, -0.15) is 18.3 Å². The molecule has 7 nitrogen and oxygen atoms in total. The van der Waals surface area contributed by atoms with Gasteiger partial charge in [-0.3, -0.25) is 9.48 Å². The minimum Gasteiger partial charge on any atom is -0.307 e. The van der Waals surface area contributed by atoms with Crippen LogP contribution < -0.4 is 10.2 Å². The van der Waals surface area contributed by atoms with Gasteiger partial charge in [0.25, 0.3) is 0 Å². The quantitative estimate of drug-likeness (QED) is 0.543. The molecule has 2 aromatic heterocycles. The van der Waals surface area contributed by atoms with Gasteiger partial charge in [-0.1, -0.05) is 0 Å². The third kappa shape index (κ3) is 3.50. The number of nitrogens with one attached hydrogen (secondary N) is 1. The molecule has 1 N–H and O–H groups in total. The van der Waals surface area contributed by atoms with Gasteiger partial charge in [-0.25, -0.2) is 19.1 Å². The number of alkyl halides is 3. The van der Waals surface area contributed by atoms with E-state index in [1.807, 2.05) is 0 Å². The number of anilines is 2. The van der Waals surface area contributed by atoms with Gasteiger partial charge in [0.1, 0.15) is 5.82 Å². The maximum absolute atomic E-state index is 13.4. The highest BCUT2D eigenvalue weighted by Gasteiger charge is 2.34. The number of rotatable bonds is 3. The predicted octanol–water partition coefficient (Wildman–Crippen LogP) is 3.63. The number of hydrogen-bond acceptors (Lipinski definition) is 4. The first-order valence-electron chi connectivity index (χ1n) is 7.83. The van der Waals surface area contributed by atoms with E-state index in [4.69, 9.17) is 0 Å². The smallest absolute Gasteiger partial charge is 0.307 e. The van der Waals surface area contributed by atoms with Crippen LogP contribution in [-0.4, -0.2) is 27.2 Å². The van der Waals surface area contributed by atoms with Gasteiger partial charge in [0.05, 0.1) is 23.1 Å². The Kier molecular flexibility index (Phi) is 4.75. The van der Waals surface area contributed by atoms with Crippen LogP contribution in [0, 0.1) is 12.7 Å². The molecular weight excluding hydrogens is 382 g/mol.